The Kier molecular flexibility index (Phi) is 10.5. The van der Waals surface area contributed by atoms with E-state index in [-0.39, 0.29) is 54.1 Å². The zero-order valence-electron chi connectivity index (χ0n) is 29.9. The number of ether oxygens (including phenoxy) is 4. The van der Waals surface area contributed by atoms with Gasteiger partial charge >= 0.3 is 24.1 Å². The number of nitrogens with one attached hydrogen (secondary N) is 1. The molecule has 3 aromatic rings. The summed E-state index contributed by atoms with van der Waals surface area (Å²) in [6.07, 6.45) is 1.97. The summed E-state index contributed by atoms with van der Waals surface area (Å²) in [6, 6.07) is 5.91. The topological polar surface area (TPSA) is 166 Å². The summed E-state index contributed by atoms with van der Waals surface area (Å²) in [5.74, 6) is -3.33. The molecule has 2 saturated heterocycles. The molecule has 2 aromatic carbocycles. The molecule has 2 aliphatic heterocycles. The number of carboxylic acids is 1. The summed E-state index contributed by atoms with van der Waals surface area (Å²) in [5, 5.41) is 11.9. The molecule has 1 saturated carbocycles. The first-order valence-electron chi connectivity index (χ1n) is 17.5. The highest BCUT2D eigenvalue weighted by molar-refractivity contribution is 5.94. The van der Waals surface area contributed by atoms with Crippen LogP contribution in [0.5, 0.6) is 5.75 Å². The molecular weight excluding hydrogens is 698 g/mol. The molecule has 3 fully saturated rings. The Hall–Kier alpha value is -5.41. The van der Waals surface area contributed by atoms with E-state index in [1.165, 1.54) is 30.2 Å². The largest absolute Gasteiger partial charge is 0.490 e. The molecule has 3 heterocycles. The number of anilines is 2. The number of aromatic carboxylic acids is 1. The lowest BCUT2D eigenvalue weighted by Gasteiger charge is -2.34. The molecule has 6 rings (SSSR count). The third-order valence-corrected chi connectivity index (χ3v) is 9.30. The Morgan fingerprint density at radius 3 is 2.38 bits per heavy atom. The summed E-state index contributed by atoms with van der Waals surface area (Å²) in [5.41, 5.74) is -0.772. The number of carbonyl (C=O) groups is 4. The molecule has 16 heteroatoms. The summed E-state index contributed by atoms with van der Waals surface area (Å²) >= 11 is 0. The number of alkyl carbamates (subject to hydrolysis) is 1. The standard InChI is InChI=1S/C37H42F2N4O10/c1-20(40-35(48)53-37(2,3)4)34(47)51-19-24-16-43(36(49)52-24)23-7-8-31(28(39)13-23)50-18-21-9-11-41(12-10-21)30-15-29-25(14-27(30)38)32(44)26(33(45)46)17-42(29)22-5-6-22/h7-8,13-15,17,20-22,24H,5-6,9-12,16,18-19H2,1-4H3,(H,40,48)(H,45,46)/t20-,24+/m0/s1. The van der Waals surface area contributed by atoms with Crippen molar-refractivity contribution in [1.29, 1.82) is 0 Å². The molecule has 2 N–H and O–H groups in total. The molecule has 1 aliphatic carbocycles. The van der Waals surface area contributed by atoms with Gasteiger partial charge in [-0.2, -0.15) is 0 Å². The number of cyclic esters (lactones) is 1. The fourth-order valence-corrected chi connectivity index (χ4v) is 6.39. The number of benzene rings is 2. The number of hydrogen-bond acceptors (Lipinski definition) is 10. The van der Waals surface area contributed by atoms with Gasteiger partial charge in [0.25, 0.3) is 0 Å². The van der Waals surface area contributed by atoms with Crippen LogP contribution in [-0.2, 0) is 19.0 Å². The summed E-state index contributed by atoms with van der Waals surface area (Å²) < 4.78 is 53.7. The van der Waals surface area contributed by atoms with E-state index in [0.717, 1.165) is 25.0 Å². The van der Waals surface area contributed by atoms with Crippen LogP contribution in [0, 0.1) is 17.6 Å². The van der Waals surface area contributed by atoms with Crippen molar-refractivity contribution in [2.24, 2.45) is 5.92 Å². The van der Waals surface area contributed by atoms with Crippen molar-refractivity contribution in [3.05, 3.63) is 63.9 Å². The highest BCUT2D eigenvalue weighted by Gasteiger charge is 2.35. The van der Waals surface area contributed by atoms with Crippen molar-refractivity contribution in [1.82, 2.24) is 9.88 Å². The number of rotatable bonds is 11. The average molecular weight is 741 g/mol. The zero-order valence-corrected chi connectivity index (χ0v) is 29.9. The van der Waals surface area contributed by atoms with Crippen molar-refractivity contribution in [2.45, 2.75) is 77.2 Å². The number of pyridine rings is 1. The zero-order chi connectivity index (χ0) is 38.2. The van der Waals surface area contributed by atoms with Crippen LogP contribution in [0.1, 0.15) is 69.8 Å². The second kappa shape index (κ2) is 14.9. The quantitative estimate of drug-likeness (QED) is 0.191. The number of hydrogen-bond donors (Lipinski definition) is 2. The van der Waals surface area contributed by atoms with Gasteiger partial charge in [-0.25, -0.2) is 28.0 Å². The lowest BCUT2D eigenvalue weighted by atomic mass is 9.97. The van der Waals surface area contributed by atoms with E-state index in [0.29, 0.717) is 37.1 Å². The van der Waals surface area contributed by atoms with E-state index in [1.54, 1.807) is 31.4 Å². The molecule has 284 valence electrons. The number of piperidine rings is 1. The van der Waals surface area contributed by atoms with Gasteiger partial charge in [0.15, 0.2) is 17.7 Å². The van der Waals surface area contributed by atoms with Crippen molar-refractivity contribution in [3.63, 3.8) is 0 Å². The second-order valence-electron chi connectivity index (χ2n) is 14.6. The molecule has 2 amide bonds. The van der Waals surface area contributed by atoms with Crippen LogP contribution in [0.25, 0.3) is 10.9 Å². The first-order chi connectivity index (χ1) is 25.1. The average Bonchev–Trinajstić information content (AvgIpc) is 3.87. The highest BCUT2D eigenvalue weighted by Crippen LogP contribution is 2.38. The van der Waals surface area contributed by atoms with Crippen molar-refractivity contribution >= 4 is 46.4 Å². The summed E-state index contributed by atoms with van der Waals surface area (Å²) in [7, 11) is 0. The molecule has 0 bridgehead atoms. The van der Waals surface area contributed by atoms with Crippen LogP contribution in [0.4, 0.5) is 29.7 Å². The van der Waals surface area contributed by atoms with E-state index < -0.39 is 58.9 Å². The third kappa shape index (κ3) is 8.63. The Morgan fingerprint density at radius 1 is 1.02 bits per heavy atom. The molecule has 2 atom stereocenters. The van der Waals surface area contributed by atoms with E-state index in [9.17, 15) is 29.1 Å². The Bertz CT molecular complexity index is 1980. The highest BCUT2D eigenvalue weighted by atomic mass is 19.1. The fraction of sp³-hybridized carbons (Fsp3) is 0.486. The number of halogens is 2. The lowest BCUT2D eigenvalue weighted by molar-refractivity contribution is -0.148. The van der Waals surface area contributed by atoms with Gasteiger partial charge in [0.2, 0.25) is 5.43 Å². The number of aromatic nitrogens is 1. The maximum atomic E-state index is 15.4. The predicted molar refractivity (Wildman–Crippen MR) is 188 cm³/mol. The third-order valence-electron chi connectivity index (χ3n) is 9.30. The number of esters is 1. The van der Waals surface area contributed by atoms with Crippen molar-refractivity contribution in [2.75, 3.05) is 42.6 Å². The molecule has 53 heavy (non-hydrogen) atoms. The van der Waals surface area contributed by atoms with Crippen LogP contribution in [0.3, 0.4) is 0 Å². The van der Waals surface area contributed by atoms with Gasteiger partial charge in [-0.05, 0) is 83.6 Å². The number of fused-ring (bicyclic) bond motifs is 1. The van der Waals surface area contributed by atoms with Crippen LogP contribution < -0.4 is 25.3 Å². The number of carboxylic acid groups (broad SMARTS) is 1. The van der Waals surface area contributed by atoms with Crippen LogP contribution >= 0.6 is 0 Å². The minimum absolute atomic E-state index is 0.0000462. The lowest BCUT2D eigenvalue weighted by Crippen LogP contribution is -2.43. The summed E-state index contributed by atoms with van der Waals surface area (Å²) in [6.45, 7) is 7.41. The van der Waals surface area contributed by atoms with E-state index in [4.69, 9.17) is 18.9 Å². The Balaban J connectivity index is 0.997. The fourth-order valence-electron chi connectivity index (χ4n) is 6.39. The molecule has 0 spiro atoms. The van der Waals surface area contributed by atoms with Crippen molar-refractivity contribution in [3.8, 4) is 5.75 Å². The monoisotopic (exact) mass is 740 g/mol. The number of carbonyl (C=O) groups excluding carboxylic acids is 3. The molecule has 0 unspecified atom stereocenters. The summed E-state index contributed by atoms with van der Waals surface area (Å²) in [4.78, 5) is 64.4. The second-order valence-corrected chi connectivity index (χ2v) is 14.6. The molecule has 14 nitrogen and oxygen atoms in total. The normalized spacial score (nSPS) is 18.5. The van der Waals surface area contributed by atoms with Crippen molar-refractivity contribution < 1.29 is 52.0 Å². The minimum Gasteiger partial charge on any atom is -0.490 e. The number of nitrogens with zero attached hydrogens (tertiary/aromatic N) is 3. The minimum atomic E-state index is -1.35. The predicted octanol–water partition coefficient (Wildman–Crippen LogP) is 5.39. The van der Waals surface area contributed by atoms with E-state index in [1.807, 2.05) is 4.90 Å². The molecular formula is C37H42F2N4O10. The first kappa shape index (κ1) is 37.4. The smallest absolute Gasteiger partial charge is 0.414 e. The number of amides is 2. The molecule has 0 radical (unpaired) electrons. The van der Waals surface area contributed by atoms with Gasteiger partial charge in [0.1, 0.15) is 29.6 Å². The van der Waals surface area contributed by atoms with Crippen LogP contribution in [0.15, 0.2) is 41.3 Å². The Labute approximate surface area is 303 Å². The van der Waals surface area contributed by atoms with Gasteiger partial charge in [-0.1, -0.05) is 0 Å². The van der Waals surface area contributed by atoms with Gasteiger partial charge < -0.3 is 38.8 Å². The first-order valence-corrected chi connectivity index (χ1v) is 17.5. The Morgan fingerprint density at radius 2 is 1.74 bits per heavy atom. The SMILES string of the molecule is C[C@H](NC(=O)OC(C)(C)C)C(=O)OC[C@H]1CN(c2ccc(OCC3CCN(c4cc5c(cc4F)c(=O)c(C(=O)O)cn5C4CC4)CC3)c(F)c2)C(=O)O1. The van der Waals surface area contributed by atoms with Gasteiger partial charge in [0, 0.05) is 36.8 Å². The van der Waals surface area contributed by atoms with Gasteiger partial charge in [0.05, 0.1) is 30.0 Å². The van der Waals surface area contributed by atoms with Gasteiger partial charge in [-0.15, -0.1) is 0 Å². The van der Waals surface area contributed by atoms with Crippen LogP contribution in [-0.4, -0.2) is 84.4 Å². The van der Waals surface area contributed by atoms with E-state index >= 15 is 8.78 Å². The van der Waals surface area contributed by atoms with Gasteiger partial charge in [-0.3, -0.25) is 9.69 Å². The maximum absolute atomic E-state index is 15.4. The van der Waals surface area contributed by atoms with Crippen LogP contribution in [0.2, 0.25) is 0 Å². The molecule has 1 aromatic heterocycles. The van der Waals surface area contributed by atoms with E-state index in [2.05, 4.69) is 5.32 Å². The maximum Gasteiger partial charge on any atom is 0.414 e. The molecule has 3 aliphatic rings.